The molecule has 1 aromatic carbocycles. The van der Waals surface area contributed by atoms with E-state index in [1.807, 2.05) is 29.6 Å². The first kappa shape index (κ1) is 9.58. The SMILES string of the molecule is [N-]=[N+]=Nc1cccc(-c2cccs2)c1N. The molecule has 0 aliphatic rings. The number of anilines is 1. The van der Waals surface area contributed by atoms with E-state index in [2.05, 4.69) is 10.0 Å². The van der Waals surface area contributed by atoms with E-state index in [1.165, 1.54) is 0 Å². The van der Waals surface area contributed by atoms with Gasteiger partial charge in [0.25, 0.3) is 0 Å². The Morgan fingerprint density at radius 1 is 1.27 bits per heavy atom. The van der Waals surface area contributed by atoms with E-state index in [1.54, 1.807) is 17.4 Å². The molecule has 0 spiro atoms. The maximum atomic E-state index is 8.37. The second-order valence-electron chi connectivity index (χ2n) is 2.91. The second-order valence-corrected chi connectivity index (χ2v) is 3.85. The summed E-state index contributed by atoms with van der Waals surface area (Å²) >= 11 is 1.60. The Morgan fingerprint density at radius 2 is 2.13 bits per heavy atom. The van der Waals surface area contributed by atoms with E-state index >= 15 is 0 Å². The molecule has 5 heteroatoms. The molecule has 0 radical (unpaired) electrons. The molecule has 0 saturated heterocycles. The topological polar surface area (TPSA) is 74.8 Å². The summed E-state index contributed by atoms with van der Waals surface area (Å²) in [6.45, 7) is 0. The van der Waals surface area contributed by atoms with E-state index in [0.29, 0.717) is 11.4 Å². The van der Waals surface area contributed by atoms with E-state index < -0.39 is 0 Å². The first-order chi connectivity index (χ1) is 7.33. The second kappa shape index (κ2) is 4.04. The van der Waals surface area contributed by atoms with E-state index in [-0.39, 0.29) is 0 Å². The van der Waals surface area contributed by atoms with Crippen LogP contribution in [0.15, 0.2) is 40.8 Å². The zero-order valence-electron chi connectivity index (χ0n) is 7.79. The smallest absolute Gasteiger partial charge is 0.0611 e. The number of para-hydroxylation sites is 1. The van der Waals surface area contributed by atoms with Crippen molar-refractivity contribution < 1.29 is 0 Å². The van der Waals surface area contributed by atoms with Crippen molar-refractivity contribution in [2.24, 2.45) is 5.11 Å². The third-order valence-electron chi connectivity index (χ3n) is 2.02. The number of hydrogen-bond acceptors (Lipinski definition) is 3. The lowest BCUT2D eigenvalue weighted by Gasteiger charge is -2.05. The van der Waals surface area contributed by atoms with Crippen molar-refractivity contribution in [1.29, 1.82) is 0 Å². The van der Waals surface area contributed by atoms with Gasteiger partial charge in [0.05, 0.1) is 5.69 Å². The monoisotopic (exact) mass is 216 g/mol. The minimum absolute atomic E-state index is 0.475. The van der Waals surface area contributed by atoms with Crippen molar-refractivity contribution in [1.82, 2.24) is 0 Å². The Labute approximate surface area is 90.6 Å². The van der Waals surface area contributed by atoms with Crippen LogP contribution in [0.5, 0.6) is 0 Å². The van der Waals surface area contributed by atoms with Gasteiger partial charge in [-0.2, -0.15) is 0 Å². The molecule has 2 N–H and O–H groups in total. The van der Waals surface area contributed by atoms with Crippen molar-refractivity contribution in [3.05, 3.63) is 46.2 Å². The minimum Gasteiger partial charge on any atom is -0.398 e. The van der Waals surface area contributed by atoms with Crippen LogP contribution in [-0.2, 0) is 0 Å². The lowest BCUT2D eigenvalue weighted by atomic mass is 10.1. The summed E-state index contributed by atoms with van der Waals surface area (Å²) in [7, 11) is 0. The molecule has 0 unspecified atom stereocenters. The van der Waals surface area contributed by atoms with E-state index in [9.17, 15) is 0 Å². The highest BCUT2D eigenvalue weighted by atomic mass is 32.1. The number of nitrogen functional groups attached to an aromatic ring is 1. The van der Waals surface area contributed by atoms with Crippen molar-refractivity contribution in [2.75, 3.05) is 5.73 Å². The summed E-state index contributed by atoms with van der Waals surface area (Å²) in [5.41, 5.74) is 16.2. The summed E-state index contributed by atoms with van der Waals surface area (Å²) in [5.74, 6) is 0. The van der Waals surface area contributed by atoms with Gasteiger partial charge in [0.15, 0.2) is 0 Å². The van der Waals surface area contributed by atoms with Crippen molar-refractivity contribution in [2.45, 2.75) is 0 Å². The quantitative estimate of drug-likeness (QED) is 0.351. The number of thiophene rings is 1. The summed E-state index contributed by atoms with van der Waals surface area (Å²) in [6, 6.07) is 9.38. The van der Waals surface area contributed by atoms with Crippen LogP contribution < -0.4 is 5.73 Å². The standard InChI is InChI=1S/C10H8N4S/c11-10-7(9-5-2-6-15-9)3-1-4-8(10)13-14-12/h1-6H,11H2. The third kappa shape index (κ3) is 1.79. The fourth-order valence-electron chi connectivity index (χ4n) is 1.34. The van der Waals surface area contributed by atoms with Crippen molar-refractivity contribution >= 4 is 22.7 Å². The van der Waals surface area contributed by atoms with E-state index in [4.69, 9.17) is 11.3 Å². The molecule has 2 aromatic rings. The van der Waals surface area contributed by atoms with Gasteiger partial charge in [-0.3, -0.25) is 0 Å². The van der Waals surface area contributed by atoms with Gasteiger partial charge in [-0.15, -0.1) is 11.3 Å². The number of rotatable bonds is 2. The molecule has 1 heterocycles. The molecule has 0 aliphatic heterocycles. The fraction of sp³-hybridized carbons (Fsp3) is 0. The van der Waals surface area contributed by atoms with Crippen LogP contribution in [0, 0.1) is 0 Å². The first-order valence-corrected chi connectivity index (χ1v) is 5.18. The van der Waals surface area contributed by atoms with Crippen molar-refractivity contribution in [3.8, 4) is 10.4 Å². The summed E-state index contributed by atoms with van der Waals surface area (Å²) in [6.07, 6.45) is 0. The highest BCUT2D eigenvalue weighted by Gasteiger charge is 2.05. The molecule has 0 bridgehead atoms. The zero-order chi connectivity index (χ0) is 10.7. The van der Waals surface area contributed by atoms with Crippen molar-refractivity contribution in [3.63, 3.8) is 0 Å². The fourth-order valence-corrected chi connectivity index (χ4v) is 2.10. The van der Waals surface area contributed by atoms with Crippen LogP contribution >= 0.6 is 11.3 Å². The maximum Gasteiger partial charge on any atom is 0.0611 e. The zero-order valence-corrected chi connectivity index (χ0v) is 8.61. The Morgan fingerprint density at radius 3 is 2.80 bits per heavy atom. The molecule has 15 heavy (non-hydrogen) atoms. The van der Waals surface area contributed by atoms with Gasteiger partial charge in [0.2, 0.25) is 0 Å². The predicted molar refractivity (Wildman–Crippen MR) is 63.0 cm³/mol. The highest BCUT2D eigenvalue weighted by Crippen LogP contribution is 2.35. The maximum absolute atomic E-state index is 8.37. The number of nitrogens with two attached hydrogens (primary N) is 1. The van der Waals surface area contributed by atoms with Gasteiger partial charge >= 0.3 is 0 Å². The van der Waals surface area contributed by atoms with E-state index in [0.717, 1.165) is 10.4 Å². The molecule has 0 amide bonds. The molecule has 0 aliphatic carbocycles. The normalized spacial score (nSPS) is 9.60. The Balaban J connectivity index is 2.59. The van der Waals surface area contributed by atoms with Crippen LogP contribution in [0.3, 0.4) is 0 Å². The summed E-state index contributed by atoms with van der Waals surface area (Å²) < 4.78 is 0. The summed E-state index contributed by atoms with van der Waals surface area (Å²) in [4.78, 5) is 3.81. The Hall–Kier alpha value is -1.97. The van der Waals surface area contributed by atoms with Gasteiger partial charge < -0.3 is 5.73 Å². The minimum atomic E-state index is 0.475. The number of benzene rings is 1. The first-order valence-electron chi connectivity index (χ1n) is 4.30. The molecule has 0 saturated carbocycles. The predicted octanol–water partition coefficient (Wildman–Crippen LogP) is 3.94. The Bertz CT molecular complexity index is 512. The lowest BCUT2D eigenvalue weighted by molar-refractivity contribution is 1.48. The van der Waals surface area contributed by atoms with Gasteiger partial charge in [0, 0.05) is 21.0 Å². The van der Waals surface area contributed by atoms with Gasteiger partial charge in [-0.25, -0.2) is 0 Å². The Kier molecular flexibility index (Phi) is 2.58. The average molecular weight is 216 g/mol. The van der Waals surface area contributed by atoms with Crippen LogP contribution in [0.4, 0.5) is 11.4 Å². The van der Waals surface area contributed by atoms with Gasteiger partial charge in [0.1, 0.15) is 0 Å². The lowest BCUT2D eigenvalue weighted by Crippen LogP contribution is -1.88. The molecule has 1 aromatic heterocycles. The number of hydrogen-bond donors (Lipinski definition) is 1. The molecule has 0 atom stereocenters. The molecule has 4 nitrogen and oxygen atoms in total. The van der Waals surface area contributed by atoms with Gasteiger partial charge in [-0.1, -0.05) is 29.4 Å². The average Bonchev–Trinajstić information content (AvgIpc) is 2.74. The molecular weight excluding hydrogens is 208 g/mol. The number of azide groups is 1. The third-order valence-corrected chi connectivity index (χ3v) is 2.93. The molecule has 74 valence electrons. The van der Waals surface area contributed by atoms with Crippen LogP contribution in [-0.4, -0.2) is 0 Å². The van der Waals surface area contributed by atoms with Crippen LogP contribution in [0.1, 0.15) is 0 Å². The molecule has 0 fully saturated rings. The number of nitrogens with zero attached hydrogens (tertiary/aromatic N) is 3. The molecule has 2 rings (SSSR count). The van der Waals surface area contributed by atoms with Crippen LogP contribution in [0.25, 0.3) is 20.9 Å². The molecular formula is C10H8N4S. The van der Waals surface area contributed by atoms with Gasteiger partial charge in [-0.05, 0) is 17.0 Å². The van der Waals surface area contributed by atoms with Crippen LogP contribution in [0.2, 0.25) is 0 Å². The summed E-state index contributed by atoms with van der Waals surface area (Å²) in [5, 5.41) is 5.52. The highest BCUT2D eigenvalue weighted by molar-refractivity contribution is 7.13. The largest absolute Gasteiger partial charge is 0.398 e.